The van der Waals surface area contributed by atoms with Crippen LogP contribution in [0.25, 0.3) is 22.3 Å². The largest absolute Gasteiger partial charge is 0.367 e. The van der Waals surface area contributed by atoms with Crippen molar-refractivity contribution in [1.82, 2.24) is 30.2 Å². The van der Waals surface area contributed by atoms with Crippen molar-refractivity contribution in [2.24, 2.45) is 5.41 Å². The van der Waals surface area contributed by atoms with Crippen LogP contribution in [0.1, 0.15) is 57.9 Å². The summed E-state index contributed by atoms with van der Waals surface area (Å²) in [6, 6.07) is 4.31. The fraction of sp³-hybridized carbons (Fsp3) is 0.552. The molecule has 38 heavy (non-hydrogen) atoms. The average Bonchev–Trinajstić information content (AvgIpc) is 3.78. The number of nitrogens with zero attached hydrogens (tertiary/aromatic N) is 6. The van der Waals surface area contributed by atoms with Gasteiger partial charge in [-0.3, -0.25) is 9.78 Å². The van der Waals surface area contributed by atoms with Gasteiger partial charge in [-0.25, -0.2) is 15.0 Å². The summed E-state index contributed by atoms with van der Waals surface area (Å²) in [5.41, 5.74) is 2.80. The van der Waals surface area contributed by atoms with Crippen LogP contribution in [0.3, 0.4) is 0 Å². The van der Waals surface area contributed by atoms with Crippen LogP contribution >= 0.6 is 0 Å². The third kappa shape index (κ3) is 5.16. The third-order valence-electron chi connectivity index (χ3n) is 7.84. The van der Waals surface area contributed by atoms with E-state index in [9.17, 15) is 4.79 Å². The van der Waals surface area contributed by atoms with Crippen LogP contribution in [-0.4, -0.2) is 76.1 Å². The first kappa shape index (κ1) is 25.0. The van der Waals surface area contributed by atoms with Crippen molar-refractivity contribution in [3.05, 3.63) is 36.3 Å². The number of amides is 1. The fourth-order valence-corrected chi connectivity index (χ4v) is 5.59. The summed E-state index contributed by atoms with van der Waals surface area (Å²) in [6.07, 6.45) is 9.96. The first-order valence-corrected chi connectivity index (χ1v) is 14.0. The standard InChI is InChI=1S/C29H38N8O/c1-29(2,3)28(38)37-12-7-21(8-13-37)33-24-16-20(6-9-32-24)26-34-23-18-31-17-22(19-4-5-19)25(23)27(35-26)36-14-10-30-11-15-36/h6,9,16-19,21,30H,4-5,7-8,10-15H2,1-3H3,(H,32,33). The number of nitrogens with one attached hydrogen (secondary N) is 2. The lowest BCUT2D eigenvalue weighted by Crippen LogP contribution is -2.46. The third-order valence-corrected chi connectivity index (χ3v) is 7.84. The highest BCUT2D eigenvalue weighted by Crippen LogP contribution is 2.44. The lowest BCUT2D eigenvalue weighted by atomic mass is 9.93. The molecule has 0 bridgehead atoms. The van der Waals surface area contributed by atoms with Crippen LogP contribution in [0.2, 0.25) is 0 Å². The van der Waals surface area contributed by atoms with Crippen molar-refractivity contribution in [1.29, 1.82) is 0 Å². The Bertz CT molecular complexity index is 1320. The van der Waals surface area contributed by atoms with Crippen molar-refractivity contribution in [2.45, 2.75) is 58.4 Å². The normalized spacial score (nSPS) is 19.1. The van der Waals surface area contributed by atoms with E-state index in [1.807, 2.05) is 56.4 Å². The Hall–Kier alpha value is -3.33. The lowest BCUT2D eigenvalue weighted by molar-refractivity contribution is -0.140. The quantitative estimate of drug-likeness (QED) is 0.530. The lowest BCUT2D eigenvalue weighted by Gasteiger charge is -2.36. The molecule has 3 aliphatic rings. The zero-order chi connectivity index (χ0) is 26.3. The predicted octanol–water partition coefficient (Wildman–Crippen LogP) is 3.82. The highest BCUT2D eigenvalue weighted by molar-refractivity contribution is 5.94. The van der Waals surface area contributed by atoms with Gasteiger partial charge in [0.1, 0.15) is 11.6 Å². The van der Waals surface area contributed by atoms with Crippen LogP contribution in [0.4, 0.5) is 11.6 Å². The van der Waals surface area contributed by atoms with Crippen molar-refractivity contribution in [3.8, 4) is 11.4 Å². The number of piperidine rings is 1. The van der Waals surface area contributed by atoms with Gasteiger partial charge in [-0.2, -0.15) is 0 Å². The van der Waals surface area contributed by atoms with E-state index in [1.54, 1.807) is 0 Å². The highest BCUT2D eigenvalue weighted by Gasteiger charge is 2.31. The van der Waals surface area contributed by atoms with E-state index in [0.29, 0.717) is 11.7 Å². The van der Waals surface area contributed by atoms with Gasteiger partial charge in [0.25, 0.3) is 0 Å². The van der Waals surface area contributed by atoms with Crippen LogP contribution in [0.15, 0.2) is 30.7 Å². The number of aromatic nitrogens is 4. The number of rotatable bonds is 5. The zero-order valence-corrected chi connectivity index (χ0v) is 22.7. The minimum Gasteiger partial charge on any atom is -0.367 e. The Balaban J connectivity index is 1.26. The van der Waals surface area contributed by atoms with E-state index in [0.717, 1.165) is 80.2 Å². The minimum atomic E-state index is -0.339. The smallest absolute Gasteiger partial charge is 0.227 e. The van der Waals surface area contributed by atoms with Gasteiger partial charge in [0.05, 0.1) is 11.7 Å². The van der Waals surface area contributed by atoms with Gasteiger partial charge in [0.2, 0.25) is 5.91 Å². The Morgan fingerprint density at radius 3 is 2.50 bits per heavy atom. The monoisotopic (exact) mass is 514 g/mol. The topological polar surface area (TPSA) is 99.2 Å². The number of fused-ring (bicyclic) bond motifs is 1. The molecule has 0 radical (unpaired) electrons. The SMILES string of the molecule is CC(C)(C)C(=O)N1CCC(Nc2cc(-c3nc(N4CCNCC4)c4c(C5CC5)cncc4n3)ccn2)CC1. The maximum atomic E-state index is 12.7. The number of carbonyl (C=O) groups is 1. The van der Waals surface area contributed by atoms with Gasteiger partial charge in [-0.05, 0) is 49.3 Å². The molecule has 0 aromatic carbocycles. The summed E-state index contributed by atoms with van der Waals surface area (Å²) in [6.45, 7) is 11.3. The first-order valence-electron chi connectivity index (χ1n) is 14.0. The summed E-state index contributed by atoms with van der Waals surface area (Å²) in [7, 11) is 0. The number of anilines is 2. The fourth-order valence-electron chi connectivity index (χ4n) is 5.59. The molecule has 200 valence electrons. The van der Waals surface area contributed by atoms with E-state index < -0.39 is 0 Å². The molecule has 2 saturated heterocycles. The van der Waals surface area contributed by atoms with Crippen molar-refractivity contribution in [2.75, 3.05) is 49.5 Å². The van der Waals surface area contributed by atoms with Crippen molar-refractivity contribution >= 4 is 28.4 Å². The Morgan fingerprint density at radius 1 is 1.03 bits per heavy atom. The van der Waals surface area contributed by atoms with Gasteiger partial charge < -0.3 is 20.4 Å². The maximum Gasteiger partial charge on any atom is 0.227 e. The van der Waals surface area contributed by atoms with Crippen LogP contribution in [0.5, 0.6) is 0 Å². The number of hydrogen-bond donors (Lipinski definition) is 2. The number of likely N-dealkylation sites (tertiary alicyclic amines) is 1. The molecule has 1 amide bonds. The molecule has 1 aliphatic carbocycles. The molecular formula is C29H38N8O. The van der Waals surface area contributed by atoms with Crippen molar-refractivity contribution < 1.29 is 4.79 Å². The van der Waals surface area contributed by atoms with Crippen molar-refractivity contribution in [3.63, 3.8) is 0 Å². The predicted molar refractivity (Wildman–Crippen MR) is 150 cm³/mol. The molecule has 0 unspecified atom stereocenters. The molecule has 3 aromatic heterocycles. The van der Waals surface area contributed by atoms with E-state index in [4.69, 9.17) is 9.97 Å². The average molecular weight is 515 g/mol. The van der Waals surface area contributed by atoms with Gasteiger partial charge >= 0.3 is 0 Å². The molecule has 0 spiro atoms. The minimum absolute atomic E-state index is 0.226. The molecule has 6 rings (SSSR count). The number of hydrogen-bond acceptors (Lipinski definition) is 8. The molecule has 9 heteroatoms. The summed E-state index contributed by atoms with van der Waals surface area (Å²) in [4.78, 5) is 36.3. The van der Waals surface area contributed by atoms with Gasteiger partial charge in [-0.15, -0.1) is 0 Å². The molecular weight excluding hydrogens is 476 g/mol. The first-order chi connectivity index (χ1) is 18.4. The summed E-state index contributed by atoms with van der Waals surface area (Å²) in [5.74, 6) is 3.35. The Labute approximate surface area is 224 Å². The van der Waals surface area contributed by atoms with Crippen LogP contribution < -0.4 is 15.5 Å². The molecule has 0 atom stereocenters. The number of pyridine rings is 2. The summed E-state index contributed by atoms with van der Waals surface area (Å²) >= 11 is 0. The second kappa shape index (κ2) is 10.1. The van der Waals surface area contributed by atoms with Crippen LogP contribution in [0, 0.1) is 5.41 Å². The maximum absolute atomic E-state index is 12.7. The van der Waals surface area contributed by atoms with E-state index in [2.05, 4.69) is 25.5 Å². The van der Waals surface area contributed by atoms with Gasteiger partial charge in [-0.1, -0.05) is 20.8 Å². The number of carbonyl (C=O) groups excluding carboxylic acids is 1. The van der Waals surface area contributed by atoms with E-state index in [1.165, 1.54) is 18.4 Å². The molecule has 9 nitrogen and oxygen atoms in total. The van der Waals surface area contributed by atoms with Gasteiger partial charge in [0.15, 0.2) is 5.82 Å². The van der Waals surface area contributed by atoms with E-state index in [-0.39, 0.29) is 17.4 Å². The second-order valence-corrected chi connectivity index (χ2v) is 11.9. The van der Waals surface area contributed by atoms with Gasteiger partial charge in [0, 0.05) is 74.1 Å². The number of piperazine rings is 1. The summed E-state index contributed by atoms with van der Waals surface area (Å²) < 4.78 is 0. The molecule has 2 aliphatic heterocycles. The second-order valence-electron chi connectivity index (χ2n) is 11.9. The Kier molecular flexibility index (Phi) is 6.63. The van der Waals surface area contributed by atoms with E-state index >= 15 is 0 Å². The Morgan fingerprint density at radius 2 is 1.79 bits per heavy atom. The molecule has 3 fully saturated rings. The zero-order valence-electron chi connectivity index (χ0n) is 22.7. The van der Waals surface area contributed by atoms with Crippen LogP contribution in [-0.2, 0) is 4.79 Å². The molecule has 1 saturated carbocycles. The highest BCUT2D eigenvalue weighted by atomic mass is 16.2. The molecule has 3 aromatic rings. The molecule has 2 N–H and O–H groups in total. The summed E-state index contributed by atoms with van der Waals surface area (Å²) in [5, 5.41) is 8.22. The molecule has 5 heterocycles.